The molecule has 0 aromatic carbocycles. The second-order valence-corrected chi connectivity index (χ2v) is 5.49. The van der Waals surface area contributed by atoms with Gasteiger partial charge in [-0.2, -0.15) is 0 Å². The average Bonchev–Trinajstić information content (AvgIpc) is 2.93. The maximum absolute atomic E-state index is 11.8. The highest BCUT2D eigenvalue weighted by Gasteiger charge is 2.34. The van der Waals surface area contributed by atoms with Crippen molar-refractivity contribution in [2.75, 3.05) is 13.6 Å². The Balaban J connectivity index is 2.15. The molecular weight excluding hydrogens is 232 g/mol. The number of carboxylic acids is 1. The van der Waals surface area contributed by atoms with Crippen molar-refractivity contribution in [2.45, 2.75) is 45.6 Å². The summed E-state index contributed by atoms with van der Waals surface area (Å²) in [5.74, 6) is 0.615. The second kappa shape index (κ2) is 6.61. The predicted molar refractivity (Wildman–Crippen MR) is 69.4 cm³/mol. The number of aliphatic carboxylic acids is 1. The molecule has 5 nitrogen and oxygen atoms in total. The van der Waals surface area contributed by atoms with Crippen molar-refractivity contribution in [2.24, 2.45) is 11.8 Å². The van der Waals surface area contributed by atoms with E-state index in [-0.39, 0.29) is 18.5 Å². The molecule has 2 N–H and O–H groups in total. The van der Waals surface area contributed by atoms with E-state index >= 15 is 0 Å². The molecule has 1 rings (SSSR count). The van der Waals surface area contributed by atoms with Gasteiger partial charge in [0, 0.05) is 26.1 Å². The third-order valence-corrected chi connectivity index (χ3v) is 3.53. The van der Waals surface area contributed by atoms with Gasteiger partial charge in [0.2, 0.25) is 0 Å². The van der Waals surface area contributed by atoms with Crippen molar-refractivity contribution < 1.29 is 14.7 Å². The first-order valence-electron chi connectivity index (χ1n) is 6.63. The minimum atomic E-state index is -0.784. The smallest absolute Gasteiger partial charge is 0.317 e. The van der Waals surface area contributed by atoms with Crippen LogP contribution < -0.4 is 5.32 Å². The fraction of sp³-hybridized carbons (Fsp3) is 0.846. The van der Waals surface area contributed by atoms with Gasteiger partial charge in [-0.15, -0.1) is 0 Å². The molecule has 18 heavy (non-hydrogen) atoms. The molecule has 3 atom stereocenters. The zero-order chi connectivity index (χ0) is 13.7. The lowest BCUT2D eigenvalue weighted by Gasteiger charge is -2.21. The summed E-state index contributed by atoms with van der Waals surface area (Å²) in [6.45, 7) is 4.92. The molecule has 2 amide bonds. The molecule has 1 aliphatic carbocycles. The summed E-state index contributed by atoms with van der Waals surface area (Å²) in [6, 6.07) is -0.0344. The van der Waals surface area contributed by atoms with Crippen LogP contribution in [0.15, 0.2) is 0 Å². The molecule has 1 aliphatic rings. The van der Waals surface area contributed by atoms with Gasteiger partial charge in [-0.05, 0) is 38.0 Å². The zero-order valence-electron chi connectivity index (χ0n) is 11.5. The Hall–Kier alpha value is -1.26. The minimum absolute atomic E-state index is 0.0240. The first-order valence-corrected chi connectivity index (χ1v) is 6.63. The number of urea groups is 1. The summed E-state index contributed by atoms with van der Waals surface area (Å²) >= 11 is 0. The number of carbonyl (C=O) groups is 2. The van der Waals surface area contributed by atoms with Crippen LogP contribution in [0.5, 0.6) is 0 Å². The van der Waals surface area contributed by atoms with Gasteiger partial charge in [-0.25, -0.2) is 4.79 Å². The van der Waals surface area contributed by atoms with Crippen molar-refractivity contribution in [3.8, 4) is 0 Å². The van der Waals surface area contributed by atoms with Crippen LogP contribution in [0, 0.1) is 11.8 Å². The number of rotatable bonds is 7. The lowest BCUT2D eigenvalue weighted by Crippen LogP contribution is -2.42. The molecule has 0 bridgehead atoms. The van der Waals surface area contributed by atoms with E-state index in [1.807, 2.05) is 14.0 Å². The summed E-state index contributed by atoms with van der Waals surface area (Å²) in [7, 11) is 1.81. The summed E-state index contributed by atoms with van der Waals surface area (Å²) < 4.78 is 0. The molecule has 0 aromatic rings. The van der Waals surface area contributed by atoms with Crippen molar-refractivity contribution in [3.05, 3.63) is 0 Å². The predicted octanol–water partition coefficient (Wildman–Crippen LogP) is 1.93. The Morgan fingerprint density at radius 3 is 2.61 bits per heavy atom. The number of carbonyl (C=O) groups excluding carboxylic acids is 1. The Morgan fingerprint density at radius 1 is 1.50 bits per heavy atom. The van der Waals surface area contributed by atoms with Gasteiger partial charge >= 0.3 is 12.0 Å². The van der Waals surface area contributed by atoms with Gasteiger partial charge in [-0.1, -0.05) is 6.92 Å². The second-order valence-electron chi connectivity index (χ2n) is 5.49. The van der Waals surface area contributed by atoms with E-state index in [0.717, 1.165) is 12.5 Å². The summed E-state index contributed by atoms with van der Waals surface area (Å²) in [4.78, 5) is 23.9. The molecule has 0 aliphatic heterocycles. The first kappa shape index (κ1) is 14.8. The van der Waals surface area contributed by atoms with Gasteiger partial charge < -0.3 is 15.3 Å². The van der Waals surface area contributed by atoms with Gasteiger partial charge in [-0.3, -0.25) is 4.79 Å². The molecule has 1 saturated carbocycles. The van der Waals surface area contributed by atoms with Gasteiger partial charge in [0.1, 0.15) is 0 Å². The van der Waals surface area contributed by atoms with E-state index in [1.54, 1.807) is 4.90 Å². The van der Waals surface area contributed by atoms with Gasteiger partial charge in [0.15, 0.2) is 0 Å². The van der Waals surface area contributed by atoms with Gasteiger partial charge in [0.25, 0.3) is 0 Å². The van der Waals surface area contributed by atoms with Crippen LogP contribution in [0.4, 0.5) is 4.79 Å². The zero-order valence-corrected chi connectivity index (χ0v) is 11.5. The lowest BCUT2D eigenvalue weighted by atomic mass is 10.1. The summed E-state index contributed by atoms with van der Waals surface area (Å²) in [5, 5.41) is 11.4. The maximum Gasteiger partial charge on any atom is 0.317 e. The molecule has 1 fully saturated rings. The van der Waals surface area contributed by atoms with E-state index in [4.69, 9.17) is 5.11 Å². The van der Waals surface area contributed by atoms with Crippen LogP contribution in [0.2, 0.25) is 0 Å². The Bertz CT molecular complexity index is 307. The fourth-order valence-corrected chi connectivity index (χ4v) is 2.04. The lowest BCUT2D eigenvalue weighted by molar-refractivity contribution is -0.137. The average molecular weight is 256 g/mol. The molecule has 0 radical (unpaired) electrons. The quantitative estimate of drug-likeness (QED) is 0.731. The number of amides is 2. The number of hydrogen-bond donors (Lipinski definition) is 2. The molecule has 3 unspecified atom stereocenters. The molecule has 0 spiro atoms. The molecule has 104 valence electrons. The number of hydrogen-bond acceptors (Lipinski definition) is 2. The largest absolute Gasteiger partial charge is 0.481 e. The third-order valence-electron chi connectivity index (χ3n) is 3.53. The SMILES string of the molecule is CC(CCCC(=O)O)NC(=O)N(C)CC1CC1C. The van der Waals surface area contributed by atoms with Crippen molar-refractivity contribution >= 4 is 12.0 Å². The van der Waals surface area contributed by atoms with E-state index in [9.17, 15) is 9.59 Å². The maximum atomic E-state index is 11.8. The first-order chi connectivity index (χ1) is 8.40. The van der Waals surface area contributed by atoms with Crippen LogP contribution in [0.25, 0.3) is 0 Å². The molecule has 5 heteroatoms. The van der Waals surface area contributed by atoms with Crippen molar-refractivity contribution in [1.82, 2.24) is 10.2 Å². The summed E-state index contributed by atoms with van der Waals surface area (Å²) in [5.41, 5.74) is 0. The monoisotopic (exact) mass is 256 g/mol. The standard InChI is InChI=1S/C13H24N2O3/c1-9-7-11(9)8-15(3)13(18)14-10(2)5-4-6-12(16)17/h9-11H,4-8H2,1-3H3,(H,14,18)(H,16,17). The highest BCUT2D eigenvalue weighted by molar-refractivity contribution is 5.74. The number of carboxylic acid groups (broad SMARTS) is 1. The molecule has 0 heterocycles. The molecular formula is C13H24N2O3. The van der Waals surface area contributed by atoms with Crippen LogP contribution in [-0.4, -0.2) is 41.6 Å². The highest BCUT2D eigenvalue weighted by atomic mass is 16.4. The number of nitrogens with one attached hydrogen (secondary N) is 1. The van der Waals surface area contributed by atoms with Crippen LogP contribution >= 0.6 is 0 Å². The van der Waals surface area contributed by atoms with Crippen molar-refractivity contribution in [3.63, 3.8) is 0 Å². The van der Waals surface area contributed by atoms with E-state index < -0.39 is 5.97 Å². The third kappa shape index (κ3) is 5.38. The highest BCUT2D eigenvalue weighted by Crippen LogP contribution is 2.37. The van der Waals surface area contributed by atoms with E-state index in [1.165, 1.54) is 6.42 Å². The van der Waals surface area contributed by atoms with Crippen LogP contribution in [0.1, 0.15) is 39.5 Å². The van der Waals surface area contributed by atoms with Gasteiger partial charge in [0.05, 0.1) is 0 Å². The molecule has 0 saturated heterocycles. The van der Waals surface area contributed by atoms with Crippen LogP contribution in [0.3, 0.4) is 0 Å². The van der Waals surface area contributed by atoms with Crippen molar-refractivity contribution in [1.29, 1.82) is 0 Å². The Morgan fingerprint density at radius 2 is 2.11 bits per heavy atom. The van der Waals surface area contributed by atoms with Crippen LogP contribution in [-0.2, 0) is 4.79 Å². The minimum Gasteiger partial charge on any atom is -0.481 e. The van der Waals surface area contributed by atoms with E-state index in [0.29, 0.717) is 18.8 Å². The molecule has 0 aromatic heterocycles. The van der Waals surface area contributed by atoms with E-state index in [2.05, 4.69) is 12.2 Å². The Kier molecular flexibility index (Phi) is 5.44. The summed E-state index contributed by atoms with van der Waals surface area (Å²) in [6.07, 6.45) is 2.67. The number of nitrogens with zero attached hydrogens (tertiary/aromatic N) is 1. The Labute approximate surface area is 109 Å². The fourth-order valence-electron chi connectivity index (χ4n) is 2.04. The normalized spacial score (nSPS) is 23.3. The topological polar surface area (TPSA) is 69.6 Å².